The van der Waals surface area contributed by atoms with Crippen LogP contribution in [0.1, 0.15) is 29.4 Å². The molecule has 2 N–H and O–H groups in total. The molecule has 0 saturated heterocycles. The maximum atomic E-state index is 6.43. The van der Waals surface area contributed by atoms with Gasteiger partial charge in [0.05, 0.1) is 16.4 Å². The predicted molar refractivity (Wildman–Crippen MR) is 88.7 cm³/mol. The molecule has 0 amide bonds. The first-order chi connectivity index (χ1) is 10.0. The van der Waals surface area contributed by atoms with Crippen molar-refractivity contribution in [3.05, 3.63) is 51.8 Å². The number of benzene rings is 1. The zero-order chi connectivity index (χ0) is 15.4. The molecule has 0 fully saturated rings. The van der Waals surface area contributed by atoms with Crippen LogP contribution in [0, 0.1) is 12.8 Å². The summed E-state index contributed by atoms with van der Waals surface area (Å²) < 4.78 is 1.90. The van der Waals surface area contributed by atoms with Crippen molar-refractivity contribution in [3.8, 4) is 0 Å². The Kier molecular flexibility index (Phi) is 5.43. The Labute approximate surface area is 132 Å². The molecule has 0 aliphatic carbocycles. The van der Waals surface area contributed by atoms with Crippen LogP contribution in [0.3, 0.4) is 0 Å². The second kappa shape index (κ2) is 7.10. The minimum Gasteiger partial charge on any atom is -0.330 e. The van der Waals surface area contributed by atoms with Crippen molar-refractivity contribution < 1.29 is 0 Å². The lowest BCUT2D eigenvalue weighted by Gasteiger charge is -2.15. The molecule has 1 aromatic carbocycles. The number of rotatable bonds is 6. The highest BCUT2D eigenvalue weighted by atomic mass is 35.5. The molecule has 2 rings (SSSR count). The molecule has 0 saturated carbocycles. The number of aromatic nitrogens is 2. The molecule has 1 heterocycles. The monoisotopic (exact) mass is 305 g/mol. The summed E-state index contributed by atoms with van der Waals surface area (Å²) in [7, 11) is 1.96. The highest BCUT2D eigenvalue weighted by Crippen LogP contribution is 2.24. The van der Waals surface area contributed by atoms with Crippen LogP contribution in [0.2, 0.25) is 5.02 Å². The maximum Gasteiger partial charge on any atom is 0.0849 e. The minimum atomic E-state index is 0.380. The Morgan fingerprint density at radius 3 is 2.43 bits per heavy atom. The summed E-state index contributed by atoms with van der Waals surface area (Å²) in [6.07, 6.45) is 2.70. The van der Waals surface area contributed by atoms with Gasteiger partial charge in [-0.05, 0) is 44.2 Å². The van der Waals surface area contributed by atoms with Gasteiger partial charge in [-0.2, -0.15) is 5.10 Å². The van der Waals surface area contributed by atoms with Gasteiger partial charge < -0.3 is 5.73 Å². The van der Waals surface area contributed by atoms with Gasteiger partial charge in [-0.15, -0.1) is 0 Å². The van der Waals surface area contributed by atoms with Crippen molar-refractivity contribution in [1.29, 1.82) is 0 Å². The number of hydrogen-bond donors (Lipinski definition) is 1. The van der Waals surface area contributed by atoms with Gasteiger partial charge in [0.2, 0.25) is 0 Å². The lowest BCUT2D eigenvalue weighted by Crippen LogP contribution is -2.20. The lowest BCUT2D eigenvalue weighted by molar-refractivity contribution is 0.510. The predicted octanol–water partition coefficient (Wildman–Crippen LogP) is 3.30. The third kappa shape index (κ3) is 3.86. The van der Waals surface area contributed by atoms with Crippen LogP contribution in [0.15, 0.2) is 24.3 Å². The average Bonchev–Trinajstić information content (AvgIpc) is 2.75. The van der Waals surface area contributed by atoms with Crippen LogP contribution in [0.5, 0.6) is 0 Å². The van der Waals surface area contributed by atoms with Gasteiger partial charge in [0.1, 0.15) is 0 Å². The molecule has 0 aliphatic heterocycles. The zero-order valence-electron chi connectivity index (χ0n) is 13.1. The van der Waals surface area contributed by atoms with E-state index in [0.717, 1.165) is 35.7 Å². The largest absolute Gasteiger partial charge is 0.330 e. The van der Waals surface area contributed by atoms with Crippen molar-refractivity contribution >= 4 is 11.6 Å². The van der Waals surface area contributed by atoms with Gasteiger partial charge in [0.15, 0.2) is 0 Å². The number of halogens is 1. The van der Waals surface area contributed by atoms with E-state index < -0.39 is 0 Å². The summed E-state index contributed by atoms with van der Waals surface area (Å²) in [6, 6.07) is 8.66. The van der Waals surface area contributed by atoms with Crippen LogP contribution in [0.4, 0.5) is 0 Å². The van der Waals surface area contributed by atoms with Crippen LogP contribution >= 0.6 is 11.6 Å². The summed E-state index contributed by atoms with van der Waals surface area (Å²) in [6.45, 7) is 4.83. The number of hydrogen-bond acceptors (Lipinski definition) is 2. The SMILES string of the molecule is CCc1nn(C)c(CC(CN)Cc2ccc(C)cc2)c1Cl. The molecule has 1 unspecified atom stereocenters. The van der Waals surface area contributed by atoms with Crippen LogP contribution in [-0.2, 0) is 26.3 Å². The van der Waals surface area contributed by atoms with E-state index in [2.05, 4.69) is 43.2 Å². The molecular formula is C17H24ClN3. The molecule has 0 aliphatic rings. The minimum absolute atomic E-state index is 0.380. The maximum absolute atomic E-state index is 6.43. The average molecular weight is 306 g/mol. The van der Waals surface area contributed by atoms with Crippen molar-refractivity contribution in [2.24, 2.45) is 18.7 Å². The second-order valence-corrected chi connectivity index (χ2v) is 6.06. The highest BCUT2D eigenvalue weighted by Gasteiger charge is 2.17. The first-order valence-electron chi connectivity index (χ1n) is 7.51. The van der Waals surface area contributed by atoms with Crippen LogP contribution in [0.25, 0.3) is 0 Å². The molecule has 1 aromatic heterocycles. The van der Waals surface area contributed by atoms with Gasteiger partial charge in [-0.1, -0.05) is 48.4 Å². The van der Waals surface area contributed by atoms with Gasteiger partial charge in [-0.3, -0.25) is 4.68 Å². The smallest absolute Gasteiger partial charge is 0.0849 e. The summed E-state index contributed by atoms with van der Waals surface area (Å²) >= 11 is 6.43. The third-order valence-corrected chi connectivity index (χ3v) is 4.40. The fourth-order valence-corrected chi connectivity index (χ4v) is 2.98. The second-order valence-electron chi connectivity index (χ2n) is 5.68. The Balaban J connectivity index is 2.12. The standard InChI is InChI=1S/C17H24ClN3/c1-4-15-17(18)16(21(3)20-15)10-14(11-19)9-13-7-5-12(2)6-8-13/h5-8,14H,4,9-11,19H2,1-3H3. The molecular weight excluding hydrogens is 282 g/mol. The molecule has 2 aromatic rings. The van der Waals surface area contributed by atoms with Crippen molar-refractivity contribution in [1.82, 2.24) is 9.78 Å². The summed E-state index contributed by atoms with van der Waals surface area (Å²) in [4.78, 5) is 0. The van der Waals surface area contributed by atoms with E-state index in [4.69, 9.17) is 17.3 Å². The zero-order valence-corrected chi connectivity index (χ0v) is 13.8. The number of nitrogens with zero attached hydrogens (tertiary/aromatic N) is 2. The lowest BCUT2D eigenvalue weighted by atomic mass is 9.94. The Hall–Kier alpha value is -1.32. The molecule has 21 heavy (non-hydrogen) atoms. The van der Waals surface area contributed by atoms with E-state index in [9.17, 15) is 0 Å². The van der Waals surface area contributed by atoms with E-state index in [1.165, 1.54) is 11.1 Å². The van der Waals surface area contributed by atoms with Crippen LogP contribution in [-0.4, -0.2) is 16.3 Å². The summed E-state index contributed by atoms with van der Waals surface area (Å²) in [5.74, 6) is 0.380. The molecule has 3 nitrogen and oxygen atoms in total. The van der Waals surface area contributed by atoms with E-state index in [1.807, 2.05) is 11.7 Å². The fourth-order valence-electron chi connectivity index (χ4n) is 2.61. The molecule has 4 heteroatoms. The topological polar surface area (TPSA) is 43.8 Å². The third-order valence-electron chi connectivity index (χ3n) is 3.96. The van der Waals surface area contributed by atoms with E-state index in [1.54, 1.807) is 0 Å². The Bertz CT molecular complexity index is 587. The van der Waals surface area contributed by atoms with Crippen molar-refractivity contribution in [3.63, 3.8) is 0 Å². The van der Waals surface area contributed by atoms with Crippen molar-refractivity contribution in [2.75, 3.05) is 6.54 Å². The van der Waals surface area contributed by atoms with Crippen molar-refractivity contribution in [2.45, 2.75) is 33.1 Å². The van der Waals surface area contributed by atoms with Gasteiger partial charge in [0, 0.05) is 7.05 Å². The molecule has 1 atom stereocenters. The quantitative estimate of drug-likeness (QED) is 0.890. The summed E-state index contributed by atoms with van der Waals surface area (Å²) in [5, 5.41) is 5.29. The van der Waals surface area contributed by atoms with Gasteiger partial charge in [-0.25, -0.2) is 0 Å². The first kappa shape index (κ1) is 16.1. The van der Waals surface area contributed by atoms with Crippen LogP contribution < -0.4 is 5.73 Å². The highest BCUT2D eigenvalue weighted by molar-refractivity contribution is 6.31. The molecule has 0 spiro atoms. The molecule has 0 bridgehead atoms. The van der Waals surface area contributed by atoms with Gasteiger partial charge >= 0.3 is 0 Å². The Morgan fingerprint density at radius 1 is 1.24 bits per heavy atom. The molecule has 0 radical (unpaired) electrons. The first-order valence-corrected chi connectivity index (χ1v) is 7.88. The van der Waals surface area contributed by atoms with Gasteiger partial charge in [0.25, 0.3) is 0 Å². The van der Waals surface area contributed by atoms with E-state index >= 15 is 0 Å². The summed E-state index contributed by atoms with van der Waals surface area (Å²) in [5.41, 5.74) is 10.6. The molecule has 114 valence electrons. The normalized spacial score (nSPS) is 12.6. The van der Waals surface area contributed by atoms with E-state index in [0.29, 0.717) is 12.5 Å². The Morgan fingerprint density at radius 2 is 1.90 bits per heavy atom. The fraction of sp³-hybridized carbons (Fsp3) is 0.471. The van der Waals surface area contributed by atoms with E-state index in [-0.39, 0.29) is 0 Å². The number of aryl methyl sites for hydroxylation is 3. The number of nitrogens with two attached hydrogens (primary N) is 1.